The summed E-state index contributed by atoms with van der Waals surface area (Å²) < 4.78 is 0. The first-order valence-electron chi connectivity index (χ1n) is 7.88. The lowest BCUT2D eigenvalue weighted by molar-refractivity contribution is 0.433. The number of aryl methyl sites for hydroxylation is 1. The van der Waals surface area contributed by atoms with Crippen LogP contribution in [0.4, 0.5) is 5.69 Å². The highest BCUT2D eigenvalue weighted by molar-refractivity contribution is 14.0. The molecule has 1 aromatic rings. The Morgan fingerprint density at radius 2 is 1.95 bits per heavy atom. The maximum absolute atomic E-state index is 6.00. The lowest BCUT2D eigenvalue weighted by Crippen LogP contribution is -2.37. The van der Waals surface area contributed by atoms with E-state index in [9.17, 15) is 0 Å². The van der Waals surface area contributed by atoms with Crippen molar-refractivity contribution in [3.05, 3.63) is 29.3 Å². The molecule has 0 radical (unpaired) electrons. The Morgan fingerprint density at radius 3 is 2.68 bits per heavy atom. The van der Waals surface area contributed by atoms with E-state index < -0.39 is 0 Å². The highest BCUT2D eigenvalue weighted by Crippen LogP contribution is 2.27. The molecule has 0 heterocycles. The minimum Gasteiger partial charge on any atom is -0.370 e. The number of nitrogens with two attached hydrogens (primary N) is 1. The molecule has 1 aliphatic carbocycles. The van der Waals surface area contributed by atoms with Crippen LogP contribution in [-0.4, -0.2) is 24.6 Å². The van der Waals surface area contributed by atoms with Gasteiger partial charge in [0.25, 0.3) is 0 Å². The van der Waals surface area contributed by atoms with E-state index in [1.54, 1.807) is 0 Å². The van der Waals surface area contributed by atoms with Gasteiger partial charge >= 0.3 is 0 Å². The average molecular weight is 416 g/mol. The predicted molar refractivity (Wildman–Crippen MR) is 106 cm³/mol. The zero-order chi connectivity index (χ0) is 15.3. The van der Waals surface area contributed by atoms with E-state index >= 15 is 0 Å². The SMILES string of the molecule is CC(C)(C)NCCN=C(N)Nc1cccc2c1CCCC2.I. The molecule has 0 aliphatic heterocycles. The monoisotopic (exact) mass is 416 g/mol. The molecule has 1 aromatic carbocycles. The fraction of sp³-hybridized carbons (Fsp3) is 0.588. The van der Waals surface area contributed by atoms with Crippen molar-refractivity contribution in [3.8, 4) is 0 Å². The van der Waals surface area contributed by atoms with Gasteiger partial charge < -0.3 is 16.4 Å². The van der Waals surface area contributed by atoms with E-state index in [4.69, 9.17) is 5.73 Å². The second-order valence-electron chi connectivity index (χ2n) is 6.72. The van der Waals surface area contributed by atoms with E-state index in [0.29, 0.717) is 12.5 Å². The molecule has 2 rings (SSSR count). The third-order valence-electron chi connectivity index (χ3n) is 3.71. The summed E-state index contributed by atoms with van der Waals surface area (Å²) in [7, 11) is 0. The van der Waals surface area contributed by atoms with Gasteiger partial charge in [0.2, 0.25) is 0 Å². The summed E-state index contributed by atoms with van der Waals surface area (Å²) in [5, 5.41) is 6.67. The number of guanidine groups is 1. The minimum absolute atomic E-state index is 0. The van der Waals surface area contributed by atoms with Crippen LogP contribution in [0.1, 0.15) is 44.7 Å². The molecule has 0 amide bonds. The Hall–Kier alpha value is -0.820. The average Bonchev–Trinajstić information content (AvgIpc) is 2.43. The molecule has 5 heteroatoms. The van der Waals surface area contributed by atoms with Crippen LogP contribution in [0.3, 0.4) is 0 Å². The van der Waals surface area contributed by atoms with Crippen LogP contribution in [0.5, 0.6) is 0 Å². The number of nitrogens with zero attached hydrogens (tertiary/aromatic N) is 1. The number of rotatable bonds is 4. The van der Waals surface area contributed by atoms with Gasteiger partial charge in [0.05, 0.1) is 6.54 Å². The first-order chi connectivity index (χ1) is 9.96. The third-order valence-corrected chi connectivity index (χ3v) is 3.71. The molecule has 0 saturated heterocycles. The highest BCUT2D eigenvalue weighted by atomic mass is 127. The molecule has 124 valence electrons. The number of nitrogens with one attached hydrogen (secondary N) is 2. The van der Waals surface area contributed by atoms with E-state index in [1.165, 1.54) is 30.4 Å². The molecule has 0 aromatic heterocycles. The molecule has 0 spiro atoms. The van der Waals surface area contributed by atoms with Gasteiger partial charge in [-0.05, 0) is 63.6 Å². The number of fused-ring (bicyclic) bond motifs is 1. The van der Waals surface area contributed by atoms with Gasteiger partial charge in [-0.1, -0.05) is 12.1 Å². The second kappa shape index (κ2) is 8.72. The first kappa shape index (κ1) is 19.2. The van der Waals surface area contributed by atoms with E-state index in [2.05, 4.69) is 54.6 Å². The molecule has 0 atom stereocenters. The number of hydrogen-bond acceptors (Lipinski definition) is 2. The van der Waals surface area contributed by atoms with Gasteiger partial charge in [-0.3, -0.25) is 4.99 Å². The Balaban J connectivity index is 0.00000242. The van der Waals surface area contributed by atoms with Crippen molar-refractivity contribution in [2.45, 2.75) is 52.0 Å². The summed E-state index contributed by atoms with van der Waals surface area (Å²) in [6, 6.07) is 6.42. The molecule has 0 bridgehead atoms. The number of aliphatic imine (C=N–C) groups is 1. The standard InChI is InChI=1S/C17H28N4.HI/c1-17(2,3)20-12-11-19-16(18)21-15-10-6-8-13-7-4-5-9-14(13)15;/h6,8,10,20H,4-5,7,9,11-12H2,1-3H3,(H3,18,19,21);1H. The predicted octanol–water partition coefficient (Wildman–Crippen LogP) is 3.30. The summed E-state index contributed by atoms with van der Waals surface area (Å²) >= 11 is 0. The Morgan fingerprint density at radius 1 is 1.23 bits per heavy atom. The topological polar surface area (TPSA) is 62.4 Å². The van der Waals surface area contributed by atoms with Crippen LogP contribution >= 0.6 is 24.0 Å². The Bertz CT molecular complexity index is 506. The van der Waals surface area contributed by atoms with Crippen LogP contribution in [0.2, 0.25) is 0 Å². The summed E-state index contributed by atoms with van der Waals surface area (Å²) in [5.41, 5.74) is 10.1. The summed E-state index contributed by atoms with van der Waals surface area (Å²) in [6.07, 6.45) is 4.87. The fourth-order valence-electron chi connectivity index (χ4n) is 2.68. The smallest absolute Gasteiger partial charge is 0.193 e. The number of halogens is 1. The molecule has 0 unspecified atom stereocenters. The molecule has 0 fully saturated rings. The Kier molecular flexibility index (Phi) is 7.62. The van der Waals surface area contributed by atoms with Crippen molar-refractivity contribution in [3.63, 3.8) is 0 Å². The van der Waals surface area contributed by atoms with E-state index in [-0.39, 0.29) is 29.5 Å². The van der Waals surface area contributed by atoms with Crippen LogP contribution in [0.25, 0.3) is 0 Å². The molecular weight excluding hydrogens is 387 g/mol. The summed E-state index contributed by atoms with van der Waals surface area (Å²) in [5.74, 6) is 0.504. The van der Waals surface area contributed by atoms with Gasteiger partial charge in [-0.15, -0.1) is 24.0 Å². The lowest BCUT2D eigenvalue weighted by Gasteiger charge is -2.20. The fourth-order valence-corrected chi connectivity index (χ4v) is 2.68. The van der Waals surface area contributed by atoms with Gasteiger partial charge in [0.15, 0.2) is 5.96 Å². The zero-order valence-corrected chi connectivity index (χ0v) is 16.2. The molecule has 0 saturated carbocycles. The van der Waals surface area contributed by atoms with Crippen LogP contribution in [-0.2, 0) is 12.8 Å². The van der Waals surface area contributed by atoms with Crippen molar-refractivity contribution in [1.29, 1.82) is 0 Å². The minimum atomic E-state index is 0. The lowest BCUT2D eigenvalue weighted by atomic mass is 9.90. The summed E-state index contributed by atoms with van der Waals surface area (Å²) in [6.45, 7) is 7.96. The molecule has 4 N–H and O–H groups in total. The van der Waals surface area contributed by atoms with Gasteiger partial charge in [0, 0.05) is 17.8 Å². The number of benzene rings is 1. The van der Waals surface area contributed by atoms with Gasteiger partial charge in [-0.2, -0.15) is 0 Å². The number of hydrogen-bond donors (Lipinski definition) is 3. The zero-order valence-electron chi connectivity index (χ0n) is 13.9. The van der Waals surface area contributed by atoms with Crippen LogP contribution in [0.15, 0.2) is 23.2 Å². The van der Waals surface area contributed by atoms with E-state index in [0.717, 1.165) is 18.7 Å². The van der Waals surface area contributed by atoms with E-state index in [1.807, 2.05) is 0 Å². The first-order valence-corrected chi connectivity index (χ1v) is 7.88. The number of anilines is 1. The van der Waals surface area contributed by atoms with Gasteiger partial charge in [0.1, 0.15) is 0 Å². The second-order valence-corrected chi connectivity index (χ2v) is 6.72. The maximum Gasteiger partial charge on any atom is 0.193 e. The van der Waals surface area contributed by atoms with Crippen molar-refractivity contribution < 1.29 is 0 Å². The summed E-state index contributed by atoms with van der Waals surface area (Å²) in [4.78, 5) is 4.39. The molecule has 22 heavy (non-hydrogen) atoms. The van der Waals surface area contributed by atoms with Gasteiger partial charge in [-0.25, -0.2) is 0 Å². The van der Waals surface area contributed by atoms with Crippen molar-refractivity contribution in [1.82, 2.24) is 5.32 Å². The van der Waals surface area contributed by atoms with Crippen LogP contribution < -0.4 is 16.4 Å². The van der Waals surface area contributed by atoms with Crippen molar-refractivity contribution in [2.75, 3.05) is 18.4 Å². The Labute approximate surface area is 151 Å². The maximum atomic E-state index is 6.00. The molecule has 4 nitrogen and oxygen atoms in total. The van der Waals surface area contributed by atoms with Crippen LogP contribution in [0, 0.1) is 0 Å². The molecule has 1 aliphatic rings. The quantitative estimate of drug-likeness (QED) is 0.306. The normalized spacial score (nSPS) is 15.0. The molecular formula is C17H29IN4. The largest absolute Gasteiger partial charge is 0.370 e. The third kappa shape index (κ3) is 6.12. The van der Waals surface area contributed by atoms with Crippen molar-refractivity contribution in [2.24, 2.45) is 10.7 Å². The van der Waals surface area contributed by atoms with Crippen molar-refractivity contribution >= 4 is 35.6 Å². The highest BCUT2D eigenvalue weighted by Gasteiger charge is 2.13.